The predicted octanol–water partition coefficient (Wildman–Crippen LogP) is 4.77. The molecule has 0 spiro atoms. The van der Waals surface area contributed by atoms with Crippen molar-refractivity contribution in [3.8, 4) is 11.5 Å². The second kappa shape index (κ2) is 11.0. The summed E-state index contributed by atoms with van der Waals surface area (Å²) in [7, 11) is 3.15. The summed E-state index contributed by atoms with van der Waals surface area (Å²) < 4.78 is 10.7. The summed E-state index contributed by atoms with van der Waals surface area (Å²) in [6.07, 6.45) is 0.714. The van der Waals surface area contributed by atoms with Crippen LogP contribution in [0.25, 0.3) is 0 Å². The average molecular weight is 433 g/mol. The number of carbonyl (C=O) groups is 2. The lowest BCUT2D eigenvalue weighted by molar-refractivity contribution is -0.116. The third-order valence-electron chi connectivity index (χ3n) is 5.20. The highest BCUT2D eigenvalue weighted by atomic mass is 16.5. The van der Waals surface area contributed by atoms with Gasteiger partial charge in [0, 0.05) is 6.42 Å². The number of hydrogen-bond acceptors (Lipinski definition) is 4. The monoisotopic (exact) mass is 432 g/mol. The predicted molar refractivity (Wildman–Crippen MR) is 125 cm³/mol. The highest BCUT2D eigenvalue weighted by Gasteiger charge is 2.17. The zero-order valence-corrected chi connectivity index (χ0v) is 18.6. The second-order valence-electron chi connectivity index (χ2n) is 7.35. The number of nitrogens with one attached hydrogen (secondary N) is 2. The number of para-hydroxylation sites is 2. The molecule has 2 N–H and O–H groups in total. The molecular formula is C26H28N2O4. The first kappa shape index (κ1) is 22.9. The lowest BCUT2D eigenvalue weighted by atomic mass is 10.1. The molecule has 0 aliphatic carbocycles. The van der Waals surface area contributed by atoms with Gasteiger partial charge in [-0.3, -0.25) is 9.59 Å². The molecule has 1 atom stereocenters. The Hall–Kier alpha value is -3.80. The molecule has 0 fully saturated rings. The van der Waals surface area contributed by atoms with Crippen LogP contribution in [-0.2, 0) is 11.2 Å². The lowest BCUT2D eigenvalue weighted by Gasteiger charge is -2.16. The maximum Gasteiger partial charge on any atom is 0.253 e. The van der Waals surface area contributed by atoms with Crippen molar-refractivity contribution in [3.63, 3.8) is 0 Å². The van der Waals surface area contributed by atoms with Crippen LogP contribution in [0.2, 0.25) is 0 Å². The summed E-state index contributed by atoms with van der Waals surface area (Å²) in [5.41, 5.74) is 2.79. The topological polar surface area (TPSA) is 76.7 Å². The molecule has 3 rings (SSSR count). The van der Waals surface area contributed by atoms with Crippen LogP contribution in [0.5, 0.6) is 11.5 Å². The van der Waals surface area contributed by atoms with E-state index in [1.807, 2.05) is 55.5 Å². The number of methoxy groups -OCH3 is 2. The van der Waals surface area contributed by atoms with Crippen LogP contribution < -0.4 is 20.1 Å². The van der Waals surface area contributed by atoms with Gasteiger partial charge in [0.15, 0.2) is 11.5 Å². The fourth-order valence-electron chi connectivity index (χ4n) is 3.50. The molecule has 0 saturated carbocycles. The largest absolute Gasteiger partial charge is 0.493 e. The third-order valence-corrected chi connectivity index (χ3v) is 5.20. The van der Waals surface area contributed by atoms with Gasteiger partial charge in [-0.1, -0.05) is 54.6 Å². The first-order valence-electron chi connectivity index (χ1n) is 10.5. The molecule has 6 heteroatoms. The maximum absolute atomic E-state index is 12.9. The number of hydrogen-bond donors (Lipinski definition) is 2. The minimum absolute atomic E-state index is 0.159. The fourth-order valence-corrected chi connectivity index (χ4v) is 3.50. The van der Waals surface area contributed by atoms with Gasteiger partial charge in [-0.05, 0) is 42.7 Å². The van der Waals surface area contributed by atoms with E-state index in [4.69, 9.17) is 9.47 Å². The molecule has 0 bridgehead atoms. The molecule has 0 aliphatic heterocycles. The molecule has 32 heavy (non-hydrogen) atoms. The number of ether oxygens (including phenoxy) is 2. The zero-order chi connectivity index (χ0) is 22.9. The summed E-state index contributed by atoms with van der Waals surface area (Å²) in [6, 6.07) is 22.1. The van der Waals surface area contributed by atoms with Crippen molar-refractivity contribution < 1.29 is 19.1 Å². The molecule has 3 aromatic rings. The van der Waals surface area contributed by atoms with Crippen LogP contribution in [0.4, 0.5) is 5.69 Å². The Balaban J connectivity index is 1.66. The highest BCUT2D eigenvalue weighted by Crippen LogP contribution is 2.31. The Morgan fingerprint density at radius 1 is 0.875 bits per heavy atom. The van der Waals surface area contributed by atoms with E-state index in [0.29, 0.717) is 29.2 Å². The van der Waals surface area contributed by atoms with Crippen LogP contribution in [0.15, 0.2) is 72.8 Å². The second-order valence-corrected chi connectivity index (χ2v) is 7.35. The smallest absolute Gasteiger partial charge is 0.253 e. The van der Waals surface area contributed by atoms with Crippen molar-refractivity contribution in [1.29, 1.82) is 0 Å². The Morgan fingerprint density at radius 3 is 2.31 bits per heavy atom. The first-order chi connectivity index (χ1) is 15.5. The number of rotatable bonds is 9. The SMILES string of the molecule is COc1cccc(CCC(=O)Nc2ccccc2C(=O)NC(C)c2ccccc2)c1OC. The van der Waals surface area contributed by atoms with E-state index in [9.17, 15) is 9.59 Å². The fraction of sp³-hybridized carbons (Fsp3) is 0.231. The Morgan fingerprint density at radius 2 is 1.59 bits per heavy atom. The summed E-state index contributed by atoms with van der Waals surface area (Å²) in [5, 5.41) is 5.86. The van der Waals surface area contributed by atoms with Crippen molar-refractivity contribution in [2.24, 2.45) is 0 Å². The Bertz CT molecular complexity index is 1070. The quantitative estimate of drug-likeness (QED) is 0.511. The zero-order valence-electron chi connectivity index (χ0n) is 18.6. The number of aryl methyl sites for hydroxylation is 1. The average Bonchev–Trinajstić information content (AvgIpc) is 2.83. The summed E-state index contributed by atoms with van der Waals surface area (Å²) in [5.74, 6) is 0.815. The molecule has 1 unspecified atom stereocenters. The van der Waals surface area contributed by atoms with Gasteiger partial charge in [0.05, 0.1) is 31.5 Å². The van der Waals surface area contributed by atoms with Crippen LogP contribution in [-0.4, -0.2) is 26.0 Å². The molecule has 0 saturated heterocycles. The summed E-state index contributed by atoms with van der Waals surface area (Å²) in [6.45, 7) is 1.93. The Labute approximate surface area is 188 Å². The van der Waals surface area contributed by atoms with Crippen LogP contribution >= 0.6 is 0 Å². The molecule has 0 aliphatic rings. The van der Waals surface area contributed by atoms with E-state index in [1.165, 1.54) is 0 Å². The van der Waals surface area contributed by atoms with E-state index >= 15 is 0 Å². The van der Waals surface area contributed by atoms with Crippen LogP contribution in [0.1, 0.15) is 40.9 Å². The normalized spacial score (nSPS) is 11.3. The molecule has 0 radical (unpaired) electrons. The summed E-state index contributed by atoms with van der Waals surface area (Å²) >= 11 is 0. The van der Waals surface area contributed by atoms with E-state index < -0.39 is 0 Å². The van der Waals surface area contributed by atoms with Gasteiger partial charge in [-0.15, -0.1) is 0 Å². The number of carbonyl (C=O) groups excluding carboxylic acids is 2. The van der Waals surface area contributed by atoms with E-state index in [2.05, 4.69) is 10.6 Å². The highest BCUT2D eigenvalue weighted by molar-refractivity contribution is 6.03. The molecule has 0 heterocycles. The molecule has 166 valence electrons. The van der Waals surface area contributed by atoms with Gasteiger partial charge in [0.1, 0.15) is 0 Å². The minimum atomic E-state index is -0.244. The lowest BCUT2D eigenvalue weighted by Crippen LogP contribution is -2.28. The van der Waals surface area contributed by atoms with Crippen LogP contribution in [0, 0.1) is 0 Å². The number of benzene rings is 3. The van der Waals surface area contributed by atoms with Gasteiger partial charge in [0.25, 0.3) is 5.91 Å². The van der Waals surface area contributed by atoms with Crippen LogP contribution in [0.3, 0.4) is 0 Å². The van der Waals surface area contributed by atoms with Gasteiger partial charge < -0.3 is 20.1 Å². The van der Waals surface area contributed by atoms with Gasteiger partial charge in [-0.2, -0.15) is 0 Å². The molecule has 0 aromatic heterocycles. The van der Waals surface area contributed by atoms with E-state index in [0.717, 1.165) is 11.1 Å². The van der Waals surface area contributed by atoms with Gasteiger partial charge >= 0.3 is 0 Å². The number of amides is 2. The maximum atomic E-state index is 12.9. The van der Waals surface area contributed by atoms with Crippen molar-refractivity contribution in [3.05, 3.63) is 89.5 Å². The molecule has 2 amide bonds. The van der Waals surface area contributed by atoms with Crippen molar-refractivity contribution >= 4 is 17.5 Å². The molecular weight excluding hydrogens is 404 g/mol. The summed E-state index contributed by atoms with van der Waals surface area (Å²) in [4.78, 5) is 25.5. The van der Waals surface area contributed by atoms with Gasteiger partial charge in [0.2, 0.25) is 5.91 Å². The number of anilines is 1. The third kappa shape index (κ3) is 5.66. The Kier molecular flexibility index (Phi) is 7.86. The van der Waals surface area contributed by atoms with E-state index in [1.54, 1.807) is 38.5 Å². The van der Waals surface area contributed by atoms with Crippen molar-refractivity contribution in [2.45, 2.75) is 25.8 Å². The van der Waals surface area contributed by atoms with E-state index in [-0.39, 0.29) is 24.3 Å². The molecule has 6 nitrogen and oxygen atoms in total. The molecule has 3 aromatic carbocycles. The standard InChI is InChI=1S/C26H28N2O4/c1-18(19-10-5-4-6-11-19)27-26(30)21-13-7-8-14-22(21)28-24(29)17-16-20-12-9-15-23(31-2)25(20)32-3/h4-15,18H,16-17H2,1-3H3,(H,27,30)(H,28,29). The van der Waals surface area contributed by atoms with Crippen molar-refractivity contribution in [1.82, 2.24) is 5.32 Å². The van der Waals surface area contributed by atoms with Gasteiger partial charge in [-0.25, -0.2) is 0 Å². The van der Waals surface area contributed by atoms with Crippen molar-refractivity contribution in [2.75, 3.05) is 19.5 Å². The first-order valence-corrected chi connectivity index (χ1v) is 10.5. The minimum Gasteiger partial charge on any atom is -0.493 e.